The molecule has 7 rings (SSSR count). The monoisotopic (exact) mass is 462 g/mol. The van der Waals surface area contributed by atoms with Crippen LogP contribution in [0.5, 0.6) is 0 Å². The van der Waals surface area contributed by atoms with Gasteiger partial charge in [0.25, 0.3) is 0 Å². The summed E-state index contributed by atoms with van der Waals surface area (Å²) in [4.78, 5) is 8.09. The van der Waals surface area contributed by atoms with Crippen molar-refractivity contribution in [2.45, 2.75) is 0 Å². The van der Waals surface area contributed by atoms with Gasteiger partial charge < -0.3 is 0 Å². The van der Waals surface area contributed by atoms with Crippen molar-refractivity contribution in [2.24, 2.45) is 0 Å². The molecule has 0 fully saturated rings. The van der Waals surface area contributed by atoms with Crippen molar-refractivity contribution in [3.05, 3.63) is 121 Å². The van der Waals surface area contributed by atoms with Gasteiger partial charge in [-0.05, 0) is 68.6 Å². The molecule has 162 valence electrons. The highest BCUT2D eigenvalue weighted by atomic mass is 32.1. The summed E-state index contributed by atoms with van der Waals surface area (Å²) in [6.45, 7) is 7.34. The maximum absolute atomic E-state index is 7.34. The molecule has 7 aromatic rings. The number of hydrogen-bond donors (Lipinski definition) is 0. The molecule has 0 atom stereocenters. The van der Waals surface area contributed by atoms with E-state index in [2.05, 4.69) is 101 Å². The second-order valence-corrected chi connectivity index (χ2v) is 9.78. The largest absolute Gasteiger partial charge is 0.259 e. The summed E-state index contributed by atoms with van der Waals surface area (Å²) < 4.78 is 2.61. The van der Waals surface area contributed by atoms with E-state index < -0.39 is 0 Å². The zero-order chi connectivity index (χ0) is 23.4. The molecular formula is C32H18N2S. The molecule has 0 saturated heterocycles. The Labute approximate surface area is 206 Å². The smallest absolute Gasteiger partial charge is 0.190 e. The molecule has 0 aliphatic heterocycles. The van der Waals surface area contributed by atoms with E-state index >= 15 is 0 Å². The summed E-state index contributed by atoms with van der Waals surface area (Å²) in [5.74, 6) is 0. The van der Waals surface area contributed by atoms with Crippen LogP contribution in [0.1, 0.15) is 0 Å². The van der Waals surface area contributed by atoms with Crippen LogP contribution in [0.25, 0.3) is 68.9 Å². The van der Waals surface area contributed by atoms with Crippen LogP contribution in [0.2, 0.25) is 0 Å². The fraction of sp³-hybridized carbons (Fsp3) is 0. The van der Waals surface area contributed by atoms with E-state index in [0.717, 1.165) is 16.8 Å². The zero-order valence-electron chi connectivity index (χ0n) is 18.7. The number of pyridine rings is 1. The number of thiophene rings is 1. The summed E-state index contributed by atoms with van der Waals surface area (Å²) in [5, 5.41) is 7.79. The highest BCUT2D eigenvalue weighted by Gasteiger charge is 2.15. The average Bonchev–Trinajstić information content (AvgIpc) is 3.32. The van der Waals surface area contributed by atoms with Crippen molar-refractivity contribution in [1.82, 2.24) is 4.98 Å². The lowest BCUT2D eigenvalue weighted by atomic mass is 9.93. The molecule has 2 heterocycles. The number of rotatable bonds is 2. The van der Waals surface area contributed by atoms with Crippen molar-refractivity contribution in [3.8, 4) is 22.4 Å². The van der Waals surface area contributed by atoms with Crippen LogP contribution in [0.3, 0.4) is 0 Å². The molecule has 0 aliphatic rings. The average molecular weight is 463 g/mol. The molecule has 0 amide bonds. The standard InChI is InChI=1S/C32H18N2S/c1-33-23-15-16-34-28(18-23)22-9-6-8-21(17-22)27-19-30-32(26-12-5-4-11-25(26)27)31-24-10-3-2-7-20(24)13-14-29(31)35-30/h2-19H. The van der Waals surface area contributed by atoms with E-state index in [1.807, 2.05) is 17.4 Å². The Balaban J connectivity index is 1.53. The molecule has 35 heavy (non-hydrogen) atoms. The number of benzene rings is 5. The number of nitrogens with zero attached hydrogens (tertiary/aromatic N) is 2. The Morgan fingerprint density at radius 1 is 0.629 bits per heavy atom. The van der Waals surface area contributed by atoms with Crippen LogP contribution < -0.4 is 0 Å². The third kappa shape index (κ3) is 3.12. The second kappa shape index (κ2) is 7.77. The van der Waals surface area contributed by atoms with E-state index in [1.54, 1.807) is 12.3 Å². The fourth-order valence-corrected chi connectivity index (χ4v) is 6.31. The van der Waals surface area contributed by atoms with Gasteiger partial charge in [0.2, 0.25) is 0 Å². The first kappa shape index (κ1) is 19.9. The molecule has 5 aromatic carbocycles. The first-order chi connectivity index (χ1) is 17.3. The van der Waals surface area contributed by atoms with Gasteiger partial charge in [-0.1, -0.05) is 72.8 Å². The lowest BCUT2D eigenvalue weighted by Gasteiger charge is -2.11. The minimum absolute atomic E-state index is 0.602. The number of aromatic nitrogens is 1. The zero-order valence-corrected chi connectivity index (χ0v) is 19.5. The maximum atomic E-state index is 7.34. The van der Waals surface area contributed by atoms with Crippen LogP contribution in [0, 0.1) is 6.57 Å². The minimum Gasteiger partial charge on any atom is -0.259 e. The normalized spacial score (nSPS) is 11.4. The van der Waals surface area contributed by atoms with Crippen LogP contribution in [-0.2, 0) is 0 Å². The molecular weight excluding hydrogens is 444 g/mol. The van der Waals surface area contributed by atoms with Crippen LogP contribution >= 0.6 is 11.3 Å². The van der Waals surface area contributed by atoms with Gasteiger partial charge in [0.05, 0.1) is 12.3 Å². The number of fused-ring (bicyclic) bond motifs is 7. The SMILES string of the molecule is [C-]#[N+]c1ccnc(-c2cccc(-c3cc4sc5ccc6ccccc6c5c4c4ccccc34)c2)c1. The fourth-order valence-electron chi connectivity index (χ4n) is 5.13. The van der Waals surface area contributed by atoms with E-state index in [-0.39, 0.29) is 0 Å². The van der Waals surface area contributed by atoms with Gasteiger partial charge in [-0.2, -0.15) is 0 Å². The quantitative estimate of drug-likeness (QED) is 0.234. The van der Waals surface area contributed by atoms with Crippen molar-refractivity contribution in [3.63, 3.8) is 0 Å². The minimum atomic E-state index is 0.602. The van der Waals surface area contributed by atoms with E-state index in [9.17, 15) is 0 Å². The Morgan fingerprint density at radius 3 is 2.29 bits per heavy atom. The highest BCUT2D eigenvalue weighted by Crippen LogP contribution is 2.45. The van der Waals surface area contributed by atoms with Crippen LogP contribution in [0.4, 0.5) is 5.69 Å². The molecule has 0 spiro atoms. The van der Waals surface area contributed by atoms with Gasteiger partial charge in [-0.3, -0.25) is 4.98 Å². The van der Waals surface area contributed by atoms with E-state index in [0.29, 0.717) is 5.69 Å². The van der Waals surface area contributed by atoms with Gasteiger partial charge in [-0.15, -0.1) is 11.3 Å². The molecule has 0 N–H and O–H groups in total. The predicted molar refractivity (Wildman–Crippen MR) is 149 cm³/mol. The lowest BCUT2D eigenvalue weighted by Crippen LogP contribution is -1.86. The van der Waals surface area contributed by atoms with Crippen molar-refractivity contribution in [2.75, 3.05) is 0 Å². The van der Waals surface area contributed by atoms with Gasteiger partial charge in [0, 0.05) is 26.4 Å². The van der Waals surface area contributed by atoms with Gasteiger partial charge in [0.1, 0.15) is 0 Å². The summed E-state index contributed by atoms with van der Waals surface area (Å²) in [5.41, 5.74) is 4.80. The van der Waals surface area contributed by atoms with Gasteiger partial charge in [0.15, 0.2) is 5.69 Å². The summed E-state index contributed by atoms with van der Waals surface area (Å²) in [6, 6.07) is 36.3. The molecule has 0 unspecified atom stereocenters. The third-order valence-electron chi connectivity index (χ3n) is 6.71. The summed E-state index contributed by atoms with van der Waals surface area (Å²) in [7, 11) is 0. The number of hydrogen-bond acceptors (Lipinski definition) is 2. The Hall–Kier alpha value is -4.52. The Kier molecular flexibility index (Phi) is 4.42. The highest BCUT2D eigenvalue weighted by molar-refractivity contribution is 7.26. The first-order valence-corrected chi connectivity index (χ1v) is 12.3. The molecule has 2 nitrogen and oxygen atoms in total. The van der Waals surface area contributed by atoms with Crippen molar-refractivity contribution in [1.29, 1.82) is 0 Å². The van der Waals surface area contributed by atoms with E-state index in [1.165, 1.54) is 47.3 Å². The summed E-state index contributed by atoms with van der Waals surface area (Å²) in [6.07, 6.45) is 1.71. The van der Waals surface area contributed by atoms with Crippen molar-refractivity contribution >= 4 is 58.7 Å². The topological polar surface area (TPSA) is 17.2 Å². The van der Waals surface area contributed by atoms with Gasteiger partial charge in [-0.25, -0.2) is 4.85 Å². The molecule has 3 heteroatoms. The second-order valence-electron chi connectivity index (χ2n) is 8.70. The van der Waals surface area contributed by atoms with E-state index in [4.69, 9.17) is 6.57 Å². The lowest BCUT2D eigenvalue weighted by molar-refractivity contribution is 1.33. The molecule has 0 aliphatic carbocycles. The first-order valence-electron chi connectivity index (χ1n) is 11.5. The third-order valence-corrected chi connectivity index (χ3v) is 7.81. The Bertz CT molecular complexity index is 1970. The molecule has 0 radical (unpaired) electrons. The van der Waals surface area contributed by atoms with Gasteiger partial charge >= 0.3 is 0 Å². The Morgan fingerprint density at radius 2 is 1.40 bits per heavy atom. The summed E-state index contributed by atoms with van der Waals surface area (Å²) >= 11 is 1.86. The maximum Gasteiger partial charge on any atom is 0.190 e. The molecule has 0 bridgehead atoms. The van der Waals surface area contributed by atoms with Crippen molar-refractivity contribution < 1.29 is 0 Å². The van der Waals surface area contributed by atoms with Crippen LogP contribution in [0.15, 0.2) is 109 Å². The predicted octanol–water partition coefficient (Wildman–Crippen LogP) is 9.64. The molecule has 2 aromatic heterocycles. The molecule has 0 saturated carbocycles. The van der Waals surface area contributed by atoms with Crippen LogP contribution in [-0.4, -0.2) is 4.98 Å².